The van der Waals surface area contributed by atoms with E-state index >= 15 is 0 Å². The summed E-state index contributed by atoms with van der Waals surface area (Å²) in [6.07, 6.45) is 4.49. The summed E-state index contributed by atoms with van der Waals surface area (Å²) < 4.78 is 0. The standard InChI is InChI=1S/C12H15N7S/c1-2-3-14-12-18-10(9-11(19-12)17-6-16-9)15-5-8-4-13-7-20-8/h4,6-7H,2-3,5H2,1H3,(H3,14,15,16,17,18,19). The highest BCUT2D eigenvalue weighted by Crippen LogP contribution is 2.19. The van der Waals surface area contributed by atoms with Crippen molar-refractivity contribution in [2.75, 3.05) is 17.2 Å². The second-order valence-electron chi connectivity index (χ2n) is 4.25. The Morgan fingerprint density at radius 3 is 3.05 bits per heavy atom. The summed E-state index contributed by atoms with van der Waals surface area (Å²) in [6, 6.07) is 0. The normalized spacial score (nSPS) is 10.8. The number of rotatable bonds is 6. The Hall–Kier alpha value is -2.22. The van der Waals surface area contributed by atoms with Gasteiger partial charge in [-0.15, -0.1) is 11.3 Å². The van der Waals surface area contributed by atoms with E-state index < -0.39 is 0 Å². The topological polar surface area (TPSA) is 91.4 Å². The van der Waals surface area contributed by atoms with Gasteiger partial charge in [0.15, 0.2) is 11.5 Å². The van der Waals surface area contributed by atoms with Crippen LogP contribution in [0.4, 0.5) is 11.8 Å². The van der Waals surface area contributed by atoms with Crippen LogP contribution >= 0.6 is 11.3 Å². The zero-order valence-electron chi connectivity index (χ0n) is 11.1. The maximum absolute atomic E-state index is 4.49. The summed E-state index contributed by atoms with van der Waals surface area (Å²) in [5.74, 6) is 1.35. The number of nitrogens with zero attached hydrogens (tertiary/aromatic N) is 4. The molecular weight excluding hydrogens is 274 g/mol. The number of nitrogens with one attached hydrogen (secondary N) is 3. The van der Waals surface area contributed by atoms with Crippen LogP contribution in [0.2, 0.25) is 0 Å². The number of fused-ring (bicyclic) bond motifs is 1. The molecule has 3 heterocycles. The second-order valence-corrected chi connectivity index (χ2v) is 5.22. The van der Waals surface area contributed by atoms with Crippen LogP contribution in [-0.2, 0) is 6.54 Å². The molecule has 0 bridgehead atoms. The number of thiazole rings is 1. The minimum absolute atomic E-state index is 0.596. The highest BCUT2D eigenvalue weighted by Gasteiger charge is 2.09. The smallest absolute Gasteiger partial charge is 0.226 e. The maximum Gasteiger partial charge on any atom is 0.226 e. The van der Waals surface area contributed by atoms with Gasteiger partial charge in [0.05, 0.1) is 18.4 Å². The molecule has 7 nitrogen and oxygen atoms in total. The predicted octanol–water partition coefficient (Wildman–Crippen LogP) is 2.24. The van der Waals surface area contributed by atoms with Crippen LogP contribution in [0.15, 0.2) is 18.0 Å². The van der Waals surface area contributed by atoms with Gasteiger partial charge in [-0.25, -0.2) is 4.98 Å². The molecule has 0 amide bonds. The Labute approximate surface area is 119 Å². The minimum Gasteiger partial charge on any atom is -0.363 e. The average Bonchev–Trinajstić information content (AvgIpc) is 3.13. The molecule has 20 heavy (non-hydrogen) atoms. The Bertz CT molecular complexity index is 676. The van der Waals surface area contributed by atoms with Gasteiger partial charge in [0.25, 0.3) is 0 Å². The van der Waals surface area contributed by atoms with Gasteiger partial charge in [0, 0.05) is 17.6 Å². The molecule has 0 radical (unpaired) electrons. The highest BCUT2D eigenvalue weighted by atomic mass is 32.1. The van der Waals surface area contributed by atoms with E-state index in [0.29, 0.717) is 18.1 Å². The summed E-state index contributed by atoms with van der Waals surface area (Å²) in [7, 11) is 0. The van der Waals surface area contributed by atoms with E-state index in [4.69, 9.17) is 0 Å². The van der Waals surface area contributed by atoms with Crippen molar-refractivity contribution >= 4 is 34.3 Å². The lowest BCUT2D eigenvalue weighted by molar-refractivity contribution is 0.954. The van der Waals surface area contributed by atoms with Crippen LogP contribution in [-0.4, -0.2) is 31.5 Å². The third kappa shape index (κ3) is 2.69. The Balaban J connectivity index is 1.85. The van der Waals surface area contributed by atoms with Gasteiger partial charge in [0.2, 0.25) is 5.95 Å². The number of H-pyrrole nitrogens is 1. The van der Waals surface area contributed by atoms with Crippen molar-refractivity contribution in [3.8, 4) is 0 Å². The lowest BCUT2D eigenvalue weighted by Crippen LogP contribution is -2.08. The van der Waals surface area contributed by atoms with Crippen molar-refractivity contribution in [1.82, 2.24) is 24.9 Å². The van der Waals surface area contributed by atoms with E-state index in [1.165, 1.54) is 0 Å². The number of imidazole rings is 1. The van der Waals surface area contributed by atoms with Gasteiger partial charge in [-0.2, -0.15) is 9.97 Å². The largest absolute Gasteiger partial charge is 0.363 e. The Kier molecular flexibility index (Phi) is 3.73. The third-order valence-corrected chi connectivity index (χ3v) is 3.51. The van der Waals surface area contributed by atoms with Crippen LogP contribution in [0.5, 0.6) is 0 Å². The van der Waals surface area contributed by atoms with Crippen LogP contribution in [0.25, 0.3) is 11.2 Å². The quantitative estimate of drug-likeness (QED) is 0.644. The molecule has 0 saturated carbocycles. The van der Waals surface area contributed by atoms with Gasteiger partial charge in [-0.3, -0.25) is 4.98 Å². The average molecular weight is 289 g/mol. The van der Waals surface area contributed by atoms with Crippen molar-refractivity contribution in [3.63, 3.8) is 0 Å². The number of aromatic nitrogens is 5. The summed E-state index contributed by atoms with van der Waals surface area (Å²) >= 11 is 1.61. The number of aromatic amines is 1. The van der Waals surface area contributed by atoms with Crippen molar-refractivity contribution in [3.05, 3.63) is 22.9 Å². The highest BCUT2D eigenvalue weighted by molar-refractivity contribution is 7.09. The molecule has 3 aromatic heterocycles. The van der Waals surface area contributed by atoms with E-state index in [9.17, 15) is 0 Å². The fraction of sp³-hybridized carbons (Fsp3) is 0.333. The molecule has 0 aromatic carbocycles. The lowest BCUT2D eigenvalue weighted by Gasteiger charge is -2.08. The summed E-state index contributed by atoms with van der Waals surface area (Å²) in [5, 5.41) is 6.49. The summed E-state index contributed by atoms with van der Waals surface area (Å²) in [5.41, 5.74) is 3.29. The molecule has 0 fully saturated rings. The van der Waals surface area contributed by atoms with Crippen LogP contribution < -0.4 is 10.6 Å². The third-order valence-electron chi connectivity index (χ3n) is 2.73. The van der Waals surface area contributed by atoms with Gasteiger partial charge in [-0.1, -0.05) is 6.92 Å². The molecule has 0 atom stereocenters. The van der Waals surface area contributed by atoms with Crippen molar-refractivity contribution < 1.29 is 0 Å². The zero-order valence-corrected chi connectivity index (χ0v) is 11.9. The molecule has 0 saturated heterocycles. The van der Waals surface area contributed by atoms with E-state index in [1.807, 2.05) is 11.7 Å². The lowest BCUT2D eigenvalue weighted by atomic mass is 10.4. The minimum atomic E-state index is 0.596. The van der Waals surface area contributed by atoms with Crippen LogP contribution in [0, 0.1) is 0 Å². The second kappa shape index (κ2) is 5.83. The number of hydrogen-bond donors (Lipinski definition) is 3. The van der Waals surface area contributed by atoms with Crippen molar-refractivity contribution in [2.45, 2.75) is 19.9 Å². The molecular formula is C12H15N7S. The fourth-order valence-corrected chi connectivity index (χ4v) is 2.31. The summed E-state index contributed by atoms with van der Waals surface area (Å²) in [4.78, 5) is 21.3. The fourth-order valence-electron chi connectivity index (χ4n) is 1.78. The molecule has 3 N–H and O–H groups in total. The first-order chi connectivity index (χ1) is 9.86. The van der Waals surface area contributed by atoms with E-state index in [0.717, 1.165) is 29.2 Å². The monoisotopic (exact) mass is 289 g/mol. The molecule has 8 heteroatoms. The first-order valence-corrected chi connectivity index (χ1v) is 7.31. The first-order valence-electron chi connectivity index (χ1n) is 6.43. The predicted molar refractivity (Wildman–Crippen MR) is 79.9 cm³/mol. The number of hydrogen-bond acceptors (Lipinski definition) is 7. The molecule has 3 rings (SSSR count). The molecule has 3 aromatic rings. The Morgan fingerprint density at radius 2 is 2.25 bits per heavy atom. The Morgan fingerprint density at radius 1 is 1.30 bits per heavy atom. The number of anilines is 2. The van der Waals surface area contributed by atoms with E-state index in [2.05, 4.69) is 42.5 Å². The molecule has 0 spiro atoms. The van der Waals surface area contributed by atoms with E-state index in [1.54, 1.807) is 17.7 Å². The molecule has 104 valence electrons. The molecule has 0 aliphatic heterocycles. The molecule has 0 aliphatic carbocycles. The van der Waals surface area contributed by atoms with Gasteiger partial charge >= 0.3 is 0 Å². The van der Waals surface area contributed by atoms with E-state index in [-0.39, 0.29) is 0 Å². The van der Waals surface area contributed by atoms with Crippen LogP contribution in [0.3, 0.4) is 0 Å². The van der Waals surface area contributed by atoms with Gasteiger partial charge in [-0.05, 0) is 6.42 Å². The van der Waals surface area contributed by atoms with Crippen molar-refractivity contribution in [2.24, 2.45) is 0 Å². The summed E-state index contributed by atoms with van der Waals surface area (Å²) in [6.45, 7) is 3.62. The molecule has 0 aliphatic rings. The zero-order chi connectivity index (χ0) is 13.8. The maximum atomic E-state index is 4.49. The van der Waals surface area contributed by atoms with Crippen LogP contribution in [0.1, 0.15) is 18.2 Å². The van der Waals surface area contributed by atoms with Gasteiger partial charge < -0.3 is 15.6 Å². The van der Waals surface area contributed by atoms with Crippen molar-refractivity contribution in [1.29, 1.82) is 0 Å². The van der Waals surface area contributed by atoms with Gasteiger partial charge in [0.1, 0.15) is 5.52 Å². The SMILES string of the molecule is CCCNc1nc(NCc2cncs2)c2[nH]cnc2n1. The molecule has 0 unspecified atom stereocenters. The first kappa shape index (κ1) is 12.8.